The Kier molecular flexibility index (Phi) is 6.65. The van der Waals surface area contributed by atoms with Crippen molar-refractivity contribution in [2.75, 3.05) is 20.1 Å². The van der Waals surface area contributed by atoms with E-state index in [0.29, 0.717) is 18.0 Å². The Hall–Kier alpha value is -0.770. The molecular weight excluding hydrogens is 310 g/mol. The van der Waals surface area contributed by atoms with E-state index in [9.17, 15) is 4.79 Å². The lowest BCUT2D eigenvalue weighted by Crippen LogP contribution is -2.57. The first-order chi connectivity index (χ1) is 12.1. The Balaban J connectivity index is 1.59. The minimum absolute atomic E-state index is 0.156. The number of carbonyl (C=O) groups excluding carboxylic acids is 1. The third-order valence-electron chi connectivity index (χ3n) is 7.27. The number of urea groups is 1. The van der Waals surface area contributed by atoms with Gasteiger partial charge in [0.2, 0.25) is 0 Å². The lowest BCUT2D eigenvalue weighted by molar-refractivity contribution is 0.0418. The van der Waals surface area contributed by atoms with Gasteiger partial charge in [0.15, 0.2) is 0 Å². The van der Waals surface area contributed by atoms with Crippen LogP contribution in [0.3, 0.4) is 0 Å². The summed E-state index contributed by atoms with van der Waals surface area (Å²) in [6.07, 6.45) is 12.9. The van der Waals surface area contributed by atoms with E-state index in [2.05, 4.69) is 29.0 Å². The van der Waals surface area contributed by atoms with Crippen LogP contribution in [0.15, 0.2) is 0 Å². The van der Waals surface area contributed by atoms with E-state index in [4.69, 9.17) is 0 Å². The molecule has 0 spiro atoms. The second-order valence-corrected chi connectivity index (χ2v) is 8.97. The van der Waals surface area contributed by atoms with Gasteiger partial charge >= 0.3 is 6.03 Å². The number of nitrogens with one attached hydrogen (secondary N) is 1. The van der Waals surface area contributed by atoms with Crippen LogP contribution < -0.4 is 5.32 Å². The summed E-state index contributed by atoms with van der Waals surface area (Å²) in [4.78, 5) is 17.7. The summed E-state index contributed by atoms with van der Waals surface area (Å²) in [5, 5.41) is 2.93. The van der Waals surface area contributed by atoms with E-state index in [1.807, 2.05) is 0 Å². The molecule has 3 aliphatic rings. The summed E-state index contributed by atoms with van der Waals surface area (Å²) in [5.74, 6) is 1.56. The molecule has 25 heavy (non-hydrogen) atoms. The highest BCUT2D eigenvalue weighted by molar-refractivity contribution is 5.74. The van der Waals surface area contributed by atoms with Gasteiger partial charge in [0.1, 0.15) is 0 Å². The number of hydrogen-bond donors (Lipinski definition) is 1. The van der Waals surface area contributed by atoms with E-state index in [1.165, 1.54) is 64.5 Å². The van der Waals surface area contributed by atoms with Gasteiger partial charge in [0, 0.05) is 38.3 Å². The highest BCUT2D eigenvalue weighted by Gasteiger charge is 2.37. The van der Waals surface area contributed by atoms with Gasteiger partial charge in [-0.15, -0.1) is 0 Å². The van der Waals surface area contributed by atoms with E-state index in [1.54, 1.807) is 7.05 Å². The Labute approximate surface area is 154 Å². The number of carbonyl (C=O) groups is 1. The van der Waals surface area contributed by atoms with Crippen LogP contribution in [0, 0.1) is 11.8 Å². The topological polar surface area (TPSA) is 35.6 Å². The van der Waals surface area contributed by atoms with Gasteiger partial charge in [-0.3, -0.25) is 0 Å². The molecule has 2 unspecified atom stereocenters. The standard InChI is InChI=1S/C21H39N3O/c1-16-8-10-18(11-9-16)23-14-12-19(13-15-23)24(21(25)22-3)20-7-5-4-6-17(20)2/h16-20H,4-15H2,1-3H3,(H,22,25). The molecule has 0 radical (unpaired) electrons. The Morgan fingerprint density at radius 3 is 2.16 bits per heavy atom. The predicted octanol–water partition coefficient (Wildman–Crippen LogP) is 4.25. The first kappa shape index (κ1) is 19.0. The minimum Gasteiger partial charge on any atom is -0.341 e. The van der Waals surface area contributed by atoms with Crippen LogP contribution >= 0.6 is 0 Å². The van der Waals surface area contributed by atoms with Crippen molar-refractivity contribution in [3.8, 4) is 0 Å². The molecule has 0 aromatic rings. The average Bonchev–Trinajstić information content (AvgIpc) is 2.64. The zero-order valence-corrected chi connectivity index (χ0v) is 16.7. The first-order valence-corrected chi connectivity index (χ1v) is 10.8. The highest BCUT2D eigenvalue weighted by Crippen LogP contribution is 2.33. The Morgan fingerprint density at radius 2 is 1.56 bits per heavy atom. The molecule has 0 aromatic carbocycles. The minimum atomic E-state index is 0.156. The number of nitrogens with zero attached hydrogens (tertiary/aromatic N) is 2. The fourth-order valence-electron chi connectivity index (χ4n) is 5.56. The summed E-state index contributed by atoms with van der Waals surface area (Å²) in [5.41, 5.74) is 0. The highest BCUT2D eigenvalue weighted by atomic mass is 16.2. The van der Waals surface area contributed by atoms with Crippen LogP contribution in [0.25, 0.3) is 0 Å². The zero-order valence-electron chi connectivity index (χ0n) is 16.7. The van der Waals surface area contributed by atoms with Crippen LogP contribution in [0.4, 0.5) is 4.79 Å². The summed E-state index contributed by atoms with van der Waals surface area (Å²) >= 11 is 0. The average molecular weight is 350 g/mol. The van der Waals surface area contributed by atoms with E-state index in [0.717, 1.165) is 24.8 Å². The number of piperidine rings is 1. The lowest BCUT2D eigenvalue weighted by Gasteiger charge is -2.47. The Bertz CT molecular complexity index is 425. The molecule has 4 heteroatoms. The van der Waals surface area contributed by atoms with Crippen molar-refractivity contribution in [3.05, 3.63) is 0 Å². The smallest absolute Gasteiger partial charge is 0.317 e. The fourth-order valence-corrected chi connectivity index (χ4v) is 5.56. The van der Waals surface area contributed by atoms with Crippen molar-refractivity contribution in [1.29, 1.82) is 0 Å². The molecule has 2 saturated carbocycles. The fraction of sp³-hybridized carbons (Fsp3) is 0.952. The summed E-state index contributed by atoms with van der Waals surface area (Å²) in [6.45, 7) is 7.10. The van der Waals surface area contributed by atoms with Crippen molar-refractivity contribution >= 4 is 6.03 Å². The molecule has 2 amide bonds. The quantitative estimate of drug-likeness (QED) is 0.827. The maximum atomic E-state index is 12.7. The third kappa shape index (κ3) is 4.50. The lowest BCUT2D eigenvalue weighted by atomic mass is 9.83. The van der Waals surface area contributed by atoms with Crippen molar-refractivity contribution in [3.63, 3.8) is 0 Å². The zero-order chi connectivity index (χ0) is 17.8. The van der Waals surface area contributed by atoms with Crippen molar-refractivity contribution in [2.24, 2.45) is 11.8 Å². The Morgan fingerprint density at radius 1 is 0.920 bits per heavy atom. The van der Waals surface area contributed by atoms with Crippen molar-refractivity contribution < 1.29 is 4.79 Å². The second kappa shape index (κ2) is 8.75. The van der Waals surface area contributed by atoms with Crippen molar-refractivity contribution in [1.82, 2.24) is 15.1 Å². The van der Waals surface area contributed by atoms with Gasteiger partial charge in [-0.1, -0.05) is 26.7 Å². The third-order valence-corrected chi connectivity index (χ3v) is 7.27. The van der Waals surface area contributed by atoms with Gasteiger partial charge in [0.05, 0.1) is 0 Å². The number of hydrogen-bond acceptors (Lipinski definition) is 2. The molecule has 1 N–H and O–H groups in total. The SMILES string of the molecule is CNC(=O)N(C1CCN(C2CCC(C)CC2)CC1)C1CCCCC1C. The molecule has 0 bridgehead atoms. The maximum absolute atomic E-state index is 12.7. The van der Waals surface area contributed by atoms with Crippen LogP contribution in [0.2, 0.25) is 0 Å². The molecule has 1 heterocycles. The van der Waals surface area contributed by atoms with Crippen LogP contribution in [0.5, 0.6) is 0 Å². The summed E-state index contributed by atoms with van der Waals surface area (Å²) in [7, 11) is 1.79. The number of likely N-dealkylation sites (tertiary alicyclic amines) is 1. The number of rotatable bonds is 3. The monoisotopic (exact) mass is 349 g/mol. The van der Waals surface area contributed by atoms with Crippen LogP contribution in [0.1, 0.15) is 78.1 Å². The molecule has 2 atom stereocenters. The molecule has 1 saturated heterocycles. The summed E-state index contributed by atoms with van der Waals surface area (Å²) < 4.78 is 0. The molecule has 0 aromatic heterocycles. The molecule has 3 fully saturated rings. The molecule has 4 nitrogen and oxygen atoms in total. The van der Waals surface area contributed by atoms with Gasteiger partial charge in [-0.25, -0.2) is 4.79 Å². The summed E-state index contributed by atoms with van der Waals surface area (Å²) in [6, 6.07) is 1.84. The first-order valence-electron chi connectivity index (χ1n) is 10.8. The molecule has 144 valence electrons. The second-order valence-electron chi connectivity index (χ2n) is 8.97. The largest absolute Gasteiger partial charge is 0.341 e. The van der Waals surface area contributed by atoms with E-state index in [-0.39, 0.29) is 6.03 Å². The van der Waals surface area contributed by atoms with E-state index < -0.39 is 0 Å². The van der Waals surface area contributed by atoms with Gasteiger partial charge in [0.25, 0.3) is 0 Å². The normalized spacial score (nSPS) is 35.3. The van der Waals surface area contributed by atoms with Crippen molar-refractivity contribution in [2.45, 2.75) is 96.2 Å². The molecular formula is C21H39N3O. The van der Waals surface area contributed by atoms with E-state index >= 15 is 0 Å². The molecule has 2 aliphatic carbocycles. The maximum Gasteiger partial charge on any atom is 0.317 e. The molecule has 3 rings (SSSR count). The van der Waals surface area contributed by atoms with Crippen LogP contribution in [-0.4, -0.2) is 54.1 Å². The predicted molar refractivity (Wildman–Crippen MR) is 104 cm³/mol. The van der Waals surface area contributed by atoms with Crippen LogP contribution in [-0.2, 0) is 0 Å². The van der Waals surface area contributed by atoms with Gasteiger partial charge in [-0.2, -0.15) is 0 Å². The van der Waals surface area contributed by atoms with Gasteiger partial charge < -0.3 is 15.1 Å². The molecule has 1 aliphatic heterocycles. The van der Waals surface area contributed by atoms with Gasteiger partial charge in [-0.05, 0) is 63.2 Å². The number of amides is 2.